The number of ketones is 1. The molecule has 2 aromatic rings. The van der Waals surface area contributed by atoms with E-state index in [0.717, 1.165) is 11.1 Å². The van der Waals surface area contributed by atoms with Gasteiger partial charge in [0.25, 0.3) is 0 Å². The number of aliphatic hydroxyl groups excluding tert-OH is 1. The molecule has 2 aromatic carbocycles. The average Bonchev–Trinajstić information content (AvgIpc) is 3.53. The number of methoxy groups -OCH3 is 1. The molecule has 4 N–H and O–H groups in total. The van der Waals surface area contributed by atoms with Crippen molar-refractivity contribution >= 4 is 29.4 Å². The minimum atomic E-state index is -1.02. The molecule has 0 aromatic heterocycles. The molecule has 5 atom stereocenters. The van der Waals surface area contributed by atoms with Crippen LogP contribution in [-0.2, 0) is 36.8 Å². The van der Waals surface area contributed by atoms with Gasteiger partial charge in [-0.15, -0.1) is 0 Å². The number of unbranched alkanes of at least 4 members (excludes halogenated alkanes) is 2. The van der Waals surface area contributed by atoms with Crippen LogP contribution in [0.15, 0.2) is 54.6 Å². The van der Waals surface area contributed by atoms with Crippen molar-refractivity contribution in [3.8, 4) is 5.75 Å². The summed E-state index contributed by atoms with van der Waals surface area (Å²) in [5, 5.41) is 18.1. The maximum Gasteiger partial charge on any atom is 0.246 e. The largest absolute Gasteiger partial charge is 0.497 e. The fourth-order valence-corrected chi connectivity index (χ4v) is 5.87. The second-order valence-electron chi connectivity index (χ2n) is 11.9. The molecule has 2 aliphatic heterocycles. The summed E-state index contributed by atoms with van der Waals surface area (Å²) in [6, 6.07) is 12.9. The molecule has 0 saturated carbocycles. The zero-order chi connectivity index (χ0) is 32.3. The first kappa shape index (κ1) is 33.6. The summed E-state index contributed by atoms with van der Waals surface area (Å²) >= 11 is 0. The van der Waals surface area contributed by atoms with Crippen molar-refractivity contribution in [2.24, 2.45) is 0 Å². The van der Waals surface area contributed by atoms with E-state index in [1.807, 2.05) is 42.5 Å². The summed E-state index contributed by atoms with van der Waals surface area (Å²) in [6.07, 6.45) is 2.67. The van der Waals surface area contributed by atoms with Gasteiger partial charge in [0.05, 0.1) is 7.11 Å². The van der Waals surface area contributed by atoms with Crippen LogP contribution >= 0.6 is 0 Å². The number of carbonyl (C=O) groups is 5. The SMILES string of the molecule is COc1ccc(C[C@H]2NC(=O)[C@H](CCCCCC(=O)[C@@H](C)O)NC(=O)[C@H]3CCCN3C(=O)[C@H](Cc3ccccc3)NC2=O)cc1. The molecule has 45 heavy (non-hydrogen) atoms. The van der Waals surface area contributed by atoms with Crippen molar-refractivity contribution in [3.05, 3.63) is 65.7 Å². The van der Waals surface area contributed by atoms with Gasteiger partial charge in [0.15, 0.2) is 5.78 Å². The third kappa shape index (κ3) is 9.37. The van der Waals surface area contributed by atoms with Gasteiger partial charge in [-0.3, -0.25) is 24.0 Å². The fraction of sp³-hybridized carbons (Fsp3) is 0.500. The Bertz CT molecular complexity index is 1330. The van der Waals surface area contributed by atoms with Gasteiger partial charge in [-0.05, 0) is 55.9 Å². The van der Waals surface area contributed by atoms with E-state index in [0.29, 0.717) is 44.4 Å². The molecule has 242 valence electrons. The lowest BCUT2D eigenvalue weighted by atomic mass is 9.99. The van der Waals surface area contributed by atoms with E-state index in [2.05, 4.69) is 16.0 Å². The van der Waals surface area contributed by atoms with Gasteiger partial charge in [0, 0.05) is 25.8 Å². The normalized spacial score (nSPS) is 23.1. The van der Waals surface area contributed by atoms with Crippen LogP contribution in [0.4, 0.5) is 0 Å². The van der Waals surface area contributed by atoms with Gasteiger partial charge < -0.3 is 30.7 Å². The van der Waals surface area contributed by atoms with Crippen molar-refractivity contribution in [3.63, 3.8) is 0 Å². The highest BCUT2D eigenvalue weighted by atomic mass is 16.5. The van der Waals surface area contributed by atoms with E-state index in [-0.39, 0.29) is 37.4 Å². The quantitative estimate of drug-likeness (QED) is 0.264. The van der Waals surface area contributed by atoms with Crippen LogP contribution in [0, 0.1) is 0 Å². The Morgan fingerprint density at radius 2 is 1.47 bits per heavy atom. The van der Waals surface area contributed by atoms with Gasteiger partial charge in [-0.2, -0.15) is 0 Å². The first-order valence-electron chi connectivity index (χ1n) is 15.8. The highest BCUT2D eigenvalue weighted by Crippen LogP contribution is 2.21. The van der Waals surface area contributed by atoms with E-state index >= 15 is 0 Å². The highest BCUT2D eigenvalue weighted by molar-refractivity contribution is 5.98. The molecule has 0 bridgehead atoms. The van der Waals surface area contributed by atoms with Crippen LogP contribution < -0.4 is 20.7 Å². The Labute approximate surface area is 264 Å². The number of nitrogens with one attached hydrogen (secondary N) is 3. The number of amides is 4. The lowest BCUT2D eigenvalue weighted by Crippen LogP contribution is -2.61. The number of nitrogens with zero attached hydrogens (tertiary/aromatic N) is 1. The standard InChI is InChI=1S/C34H44N4O7/c1-22(39)30(40)14-8-4-7-12-26-31(41)36-27(20-24-15-17-25(45-2)18-16-24)32(42)37-28(21-23-10-5-3-6-11-23)34(44)38-19-9-13-29(38)33(43)35-26/h3,5-6,10-11,15-18,22,26-29,39H,4,7-9,12-14,19-21H2,1-2H3,(H,35,43)(H,36,41)(H,37,42)/t22-,26+,27-,28+,29-/m1/s1. The highest BCUT2D eigenvalue weighted by Gasteiger charge is 2.40. The van der Waals surface area contributed by atoms with Crippen LogP contribution in [0.1, 0.15) is 63.0 Å². The van der Waals surface area contributed by atoms with Crippen LogP contribution in [0.25, 0.3) is 0 Å². The number of ether oxygens (including phenoxy) is 1. The van der Waals surface area contributed by atoms with Crippen LogP contribution in [0.2, 0.25) is 0 Å². The number of hydrogen-bond donors (Lipinski definition) is 4. The molecule has 2 fully saturated rings. The third-order valence-corrected chi connectivity index (χ3v) is 8.48. The Kier molecular flexibility index (Phi) is 12.1. The zero-order valence-corrected chi connectivity index (χ0v) is 26.0. The Morgan fingerprint density at radius 3 is 2.16 bits per heavy atom. The third-order valence-electron chi connectivity index (χ3n) is 8.48. The second-order valence-corrected chi connectivity index (χ2v) is 11.9. The number of carbonyl (C=O) groups excluding carboxylic acids is 5. The molecule has 0 unspecified atom stereocenters. The molecular formula is C34H44N4O7. The monoisotopic (exact) mass is 620 g/mol. The van der Waals surface area contributed by atoms with Crippen molar-refractivity contribution in [2.75, 3.05) is 13.7 Å². The number of Topliss-reactive ketones (excluding diaryl/α,β-unsaturated/α-hetero) is 1. The smallest absolute Gasteiger partial charge is 0.246 e. The van der Waals surface area contributed by atoms with Crippen LogP contribution in [-0.4, -0.2) is 83.3 Å². The average molecular weight is 621 g/mol. The first-order valence-corrected chi connectivity index (χ1v) is 15.8. The maximum atomic E-state index is 14.0. The molecule has 2 heterocycles. The van der Waals surface area contributed by atoms with E-state index in [1.165, 1.54) is 11.8 Å². The van der Waals surface area contributed by atoms with Crippen molar-refractivity contribution in [2.45, 2.75) is 95.0 Å². The number of rotatable bonds is 12. The summed E-state index contributed by atoms with van der Waals surface area (Å²) < 4.78 is 5.25. The van der Waals surface area contributed by atoms with Crippen molar-refractivity contribution < 1.29 is 33.8 Å². The van der Waals surface area contributed by atoms with E-state index in [1.54, 1.807) is 19.2 Å². The Morgan fingerprint density at radius 1 is 0.844 bits per heavy atom. The molecule has 4 rings (SSSR count). The lowest BCUT2D eigenvalue weighted by molar-refractivity contribution is -0.143. The lowest BCUT2D eigenvalue weighted by Gasteiger charge is -2.32. The molecule has 0 radical (unpaired) electrons. The van der Waals surface area contributed by atoms with Crippen LogP contribution in [0.3, 0.4) is 0 Å². The number of aliphatic hydroxyl groups is 1. The summed E-state index contributed by atoms with van der Waals surface area (Å²) in [5.74, 6) is -1.31. The molecule has 4 amide bonds. The van der Waals surface area contributed by atoms with E-state index in [9.17, 15) is 29.1 Å². The van der Waals surface area contributed by atoms with E-state index < -0.39 is 48.0 Å². The maximum absolute atomic E-state index is 14.0. The van der Waals surface area contributed by atoms with Crippen molar-refractivity contribution in [1.82, 2.24) is 20.9 Å². The summed E-state index contributed by atoms with van der Waals surface area (Å²) in [6.45, 7) is 1.81. The Hall–Kier alpha value is -4.25. The summed E-state index contributed by atoms with van der Waals surface area (Å²) in [4.78, 5) is 68.4. The number of hydrogen-bond acceptors (Lipinski definition) is 7. The number of benzene rings is 2. The summed E-state index contributed by atoms with van der Waals surface area (Å²) in [7, 11) is 1.56. The minimum absolute atomic E-state index is 0.155. The van der Waals surface area contributed by atoms with Gasteiger partial charge in [0.1, 0.15) is 36.0 Å². The minimum Gasteiger partial charge on any atom is -0.497 e. The molecule has 2 saturated heterocycles. The Balaban J connectivity index is 1.59. The van der Waals surface area contributed by atoms with Crippen molar-refractivity contribution in [1.29, 1.82) is 0 Å². The molecule has 0 spiro atoms. The predicted octanol–water partition coefficient (Wildman–Crippen LogP) is 1.84. The van der Waals surface area contributed by atoms with Crippen LogP contribution in [0.5, 0.6) is 5.75 Å². The number of fused-ring (bicyclic) bond motifs is 1. The molecule has 11 heteroatoms. The van der Waals surface area contributed by atoms with Gasteiger partial charge >= 0.3 is 0 Å². The first-order chi connectivity index (χ1) is 21.7. The molecule has 2 aliphatic rings. The molecule has 0 aliphatic carbocycles. The topological polar surface area (TPSA) is 154 Å². The van der Waals surface area contributed by atoms with Gasteiger partial charge in [-0.25, -0.2) is 0 Å². The van der Waals surface area contributed by atoms with Gasteiger partial charge in [-0.1, -0.05) is 55.3 Å². The van der Waals surface area contributed by atoms with Gasteiger partial charge in [0.2, 0.25) is 23.6 Å². The summed E-state index contributed by atoms with van der Waals surface area (Å²) in [5.41, 5.74) is 1.63. The fourth-order valence-electron chi connectivity index (χ4n) is 5.87. The van der Waals surface area contributed by atoms with E-state index in [4.69, 9.17) is 4.74 Å². The molecular weight excluding hydrogens is 576 g/mol. The predicted molar refractivity (Wildman–Crippen MR) is 167 cm³/mol. The zero-order valence-electron chi connectivity index (χ0n) is 26.0. The second kappa shape index (κ2) is 16.2. The molecule has 11 nitrogen and oxygen atoms in total.